The van der Waals surface area contributed by atoms with E-state index in [-0.39, 0.29) is 18.3 Å². The van der Waals surface area contributed by atoms with E-state index in [0.29, 0.717) is 17.6 Å². The third-order valence-electron chi connectivity index (χ3n) is 4.91. The number of aliphatic hydroxyl groups is 3. The van der Waals surface area contributed by atoms with Crippen LogP contribution >= 0.6 is 0 Å². The fourth-order valence-corrected chi connectivity index (χ4v) is 3.51. The second-order valence-corrected chi connectivity index (χ2v) is 5.90. The van der Waals surface area contributed by atoms with Gasteiger partial charge >= 0.3 is 0 Å². The Hall–Kier alpha value is -1.81. The molecule has 1 aliphatic heterocycles. The predicted octanol–water partition coefficient (Wildman–Crippen LogP) is -1.20. The molecule has 2 aliphatic rings. The third kappa shape index (κ3) is 1.59. The molecule has 5 N–H and O–H groups in total. The second kappa shape index (κ2) is 4.59. The molecule has 2 aromatic heterocycles. The monoisotopic (exact) mass is 307 g/mol. The molecule has 9 nitrogen and oxygen atoms in total. The Bertz CT molecular complexity index is 720. The quantitative estimate of drug-likeness (QED) is 0.542. The van der Waals surface area contributed by atoms with E-state index in [2.05, 4.69) is 15.0 Å². The van der Waals surface area contributed by atoms with E-state index in [1.54, 1.807) is 4.57 Å². The summed E-state index contributed by atoms with van der Waals surface area (Å²) in [7, 11) is 0. The van der Waals surface area contributed by atoms with Gasteiger partial charge in [-0.1, -0.05) is 0 Å². The topological polar surface area (TPSA) is 140 Å². The molecule has 4 rings (SSSR count). The molecule has 9 heteroatoms. The molecule has 0 radical (unpaired) electrons. The van der Waals surface area contributed by atoms with Crippen molar-refractivity contribution in [2.75, 3.05) is 12.3 Å². The second-order valence-electron chi connectivity index (χ2n) is 5.90. The van der Waals surface area contributed by atoms with Crippen LogP contribution in [-0.2, 0) is 4.74 Å². The van der Waals surface area contributed by atoms with Crippen LogP contribution in [0.1, 0.15) is 19.1 Å². The summed E-state index contributed by atoms with van der Waals surface area (Å²) in [4.78, 5) is 12.1. The van der Waals surface area contributed by atoms with Gasteiger partial charge in [0, 0.05) is 12.5 Å². The van der Waals surface area contributed by atoms with Gasteiger partial charge in [0.2, 0.25) is 0 Å². The largest absolute Gasteiger partial charge is 0.396 e. The Morgan fingerprint density at radius 2 is 2.18 bits per heavy atom. The lowest BCUT2D eigenvalue weighted by Crippen LogP contribution is -2.57. The van der Waals surface area contributed by atoms with Crippen LogP contribution in [0.5, 0.6) is 0 Å². The first-order valence-electron chi connectivity index (χ1n) is 7.16. The van der Waals surface area contributed by atoms with E-state index in [4.69, 9.17) is 10.5 Å². The van der Waals surface area contributed by atoms with E-state index >= 15 is 0 Å². The minimum absolute atomic E-state index is 0.0870. The smallest absolute Gasteiger partial charge is 0.167 e. The van der Waals surface area contributed by atoms with Gasteiger partial charge in [0.1, 0.15) is 29.7 Å². The molecule has 118 valence electrons. The Morgan fingerprint density at radius 1 is 1.36 bits per heavy atom. The van der Waals surface area contributed by atoms with Crippen molar-refractivity contribution in [3.8, 4) is 0 Å². The van der Waals surface area contributed by atoms with E-state index in [0.717, 1.165) is 6.42 Å². The van der Waals surface area contributed by atoms with Crippen molar-refractivity contribution in [3.05, 3.63) is 12.7 Å². The van der Waals surface area contributed by atoms with Gasteiger partial charge in [-0.05, 0) is 12.8 Å². The SMILES string of the molecule is Nc1ncnc2c1ncn2C1O[C@@]2(CC[C@H]2CO)[C@H](O)C1O. The van der Waals surface area contributed by atoms with Gasteiger partial charge in [-0.25, -0.2) is 15.0 Å². The Balaban J connectivity index is 1.75. The zero-order chi connectivity index (χ0) is 15.5. The van der Waals surface area contributed by atoms with E-state index in [9.17, 15) is 15.3 Å². The van der Waals surface area contributed by atoms with Gasteiger partial charge in [-0.2, -0.15) is 0 Å². The van der Waals surface area contributed by atoms with Gasteiger partial charge < -0.3 is 25.8 Å². The van der Waals surface area contributed by atoms with Crippen molar-refractivity contribution in [3.63, 3.8) is 0 Å². The summed E-state index contributed by atoms with van der Waals surface area (Å²) in [5.74, 6) is 0.0556. The highest BCUT2D eigenvalue weighted by molar-refractivity contribution is 5.81. The van der Waals surface area contributed by atoms with Crippen LogP contribution < -0.4 is 5.73 Å². The van der Waals surface area contributed by atoms with Crippen LogP contribution in [0.2, 0.25) is 0 Å². The summed E-state index contributed by atoms with van der Waals surface area (Å²) in [6, 6.07) is 0. The first-order chi connectivity index (χ1) is 10.6. The number of rotatable bonds is 2. The highest BCUT2D eigenvalue weighted by atomic mass is 16.6. The lowest BCUT2D eigenvalue weighted by atomic mass is 9.66. The number of imidazole rings is 1. The number of fused-ring (bicyclic) bond motifs is 1. The van der Waals surface area contributed by atoms with Crippen molar-refractivity contribution in [2.24, 2.45) is 5.92 Å². The standard InChI is InChI=1S/C13H17N5O4/c14-10-7-11(16-4-15-10)18(5-17-7)12-8(20)9(21)13(22-12)2-1-6(13)3-19/h4-6,8-9,12,19-21H,1-3H2,(H2,14,15,16)/t6-,8?,9+,12?,13+/m0/s1. The van der Waals surface area contributed by atoms with Gasteiger partial charge in [-0.3, -0.25) is 4.57 Å². The van der Waals surface area contributed by atoms with Gasteiger partial charge in [0.15, 0.2) is 17.7 Å². The molecule has 22 heavy (non-hydrogen) atoms. The Morgan fingerprint density at radius 3 is 2.86 bits per heavy atom. The van der Waals surface area contributed by atoms with Crippen LogP contribution in [0.4, 0.5) is 5.82 Å². The maximum Gasteiger partial charge on any atom is 0.167 e. The summed E-state index contributed by atoms with van der Waals surface area (Å²) in [6.07, 6.45) is 1.08. The highest BCUT2D eigenvalue weighted by Crippen LogP contribution is 2.52. The van der Waals surface area contributed by atoms with Crippen molar-refractivity contribution < 1.29 is 20.1 Å². The summed E-state index contributed by atoms with van der Waals surface area (Å²) in [5, 5.41) is 30.2. The molecule has 1 aliphatic carbocycles. The molecule has 1 saturated carbocycles. The minimum atomic E-state index is -1.14. The molecule has 0 bridgehead atoms. The maximum absolute atomic E-state index is 10.4. The van der Waals surface area contributed by atoms with Crippen LogP contribution in [-0.4, -0.2) is 59.3 Å². The molecule has 2 fully saturated rings. The molecular formula is C13H17N5O4. The summed E-state index contributed by atoms with van der Waals surface area (Å²) in [5.41, 5.74) is 5.69. The summed E-state index contributed by atoms with van der Waals surface area (Å²) >= 11 is 0. The summed E-state index contributed by atoms with van der Waals surface area (Å²) in [6.45, 7) is -0.0870. The van der Waals surface area contributed by atoms with Crippen LogP contribution in [0.3, 0.4) is 0 Å². The molecule has 3 heterocycles. The Labute approximate surface area is 125 Å². The molecule has 0 aromatic carbocycles. The number of aromatic nitrogens is 4. The fourth-order valence-electron chi connectivity index (χ4n) is 3.51. The number of hydrogen-bond acceptors (Lipinski definition) is 8. The zero-order valence-electron chi connectivity index (χ0n) is 11.7. The lowest BCUT2D eigenvalue weighted by molar-refractivity contribution is -0.194. The molecule has 5 atom stereocenters. The molecule has 2 aromatic rings. The number of anilines is 1. The molecule has 1 saturated heterocycles. The van der Waals surface area contributed by atoms with E-state index < -0.39 is 24.0 Å². The van der Waals surface area contributed by atoms with E-state index in [1.807, 2.05) is 0 Å². The van der Waals surface area contributed by atoms with Crippen molar-refractivity contribution >= 4 is 17.0 Å². The average Bonchev–Trinajstić information content (AvgIpc) is 3.02. The number of hydrogen-bond donors (Lipinski definition) is 4. The number of nitrogen functional groups attached to an aromatic ring is 1. The van der Waals surface area contributed by atoms with Crippen molar-refractivity contribution in [1.82, 2.24) is 19.5 Å². The molecule has 1 spiro atoms. The van der Waals surface area contributed by atoms with Crippen LogP contribution in [0.15, 0.2) is 12.7 Å². The first-order valence-corrected chi connectivity index (χ1v) is 7.16. The molecular weight excluding hydrogens is 290 g/mol. The normalized spacial score (nSPS) is 37.8. The fraction of sp³-hybridized carbons (Fsp3) is 0.615. The van der Waals surface area contributed by atoms with E-state index in [1.165, 1.54) is 12.7 Å². The number of nitrogens with two attached hydrogens (primary N) is 1. The average molecular weight is 307 g/mol. The molecule has 2 unspecified atom stereocenters. The van der Waals surface area contributed by atoms with Gasteiger partial charge in [0.05, 0.1) is 6.33 Å². The number of nitrogens with zero attached hydrogens (tertiary/aromatic N) is 4. The first kappa shape index (κ1) is 13.8. The predicted molar refractivity (Wildman–Crippen MR) is 74.4 cm³/mol. The maximum atomic E-state index is 10.4. The van der Waals surface area contributed by atoms with Crippen molar-refractivity contribution in [2.45, 2.75) is 36.9 Å². The number of aliphatic hydroxyl groups excluding tert-OH is 3. The van der Waals surface area contributed by atoms with Crippen LogP contribution in [0, 0.1) is 5.92 Å². The zero-order valence-corrected chi connectivity index (χ0v) is 11.7. The molecule has 0 amide bonds. The van der Waals surface area contributed by atoms with Gasteiger partial charge in [0.25, 0.3) is 0 Å². The number of ether oxygens (including phenoxy) is 1. The lowest BCUT2D eigenvalue weighted by Gasteiger charge is -2.47. The van der Waals surface area contributed by atoms with Gasteiger partial charge in [-0.15, -0.1) is 0 Å². The summed E-state index contributed by atoms with van der Waals surface area (Å²) < 4.78 is 7.51. The third-order valence-corrected chi connectivity index (χ3v) is 4.91. The minimum Gasteiger partial charge on any atom is -0.396 e. The van der Waals surface area contributed by atoms with Crippen LogP contribution in [0.25, 0.3) is 11.2 Å². The highest BCUT2D eigenvalue weighted by Gasteiger charge is 2.62. The Kier molecular flexibility index (Phi) is 2.89. The van der Waals surface area contributed by atoms with Crippen molar-refractivity contribution in [1.29, 1.82) is 0 Å².